The number of alkyl halides is 1. The van der Waals surface area contributed by atoms with Gasteiger partial charge < -0.3 is 24.7 Å². The van der Waals surface area contributed by atoms with Crippen LogP contribution in [0.1, 0.15) is 26.7 Å². The van der Waals surface area contributed by atoms with E-state index in [4.69, 9.17) is 16.3 Å². The Hall–Kier alpha value is -1.94. The molecule has 3 aliphatic heterocycles. The first kappa shape index (κ1) is 26.1. The molecule has 190 valence electrons. The predicted molar refractivity (Wildman–Crippen MR) is 135 cm³/mol. The summed E-state index contributed by atoms with van der Waals surface area (Å²) in [4.78, 5) is 43.2. The number of halogens is 2. The number of fused-ring (bicyclic) bond motifs is 1. The minimum Gasteiger partial charge on any atom is -0.481 e. The van der Waals surface area contributed by atoms with Gasteiger partial charge in [-0.2, -0.15) is 0 Å². The molecule has 1 aromatic carbocycles. The smallest absolute Gasteiger partial charge is 0.310 e. The van der Waals surface area contributed by atoms with Crippen LogP contribution in [-0.2, 0) is 19.1 Å². The van der Waals surface area contributed by atoms with E-state index in [1.54, 1.807) is 30.3 Å². The fourth-order valence-corrected chi connectivity index (χ4v) is 7.24. The van der Waals surface area contributed by atoms with Crippen molar-refractivity contribution in [3.8, 4) is 0 Å². The van der Waals surface area contributed by atoms with Crippen molar-refractivity contribution in [1.82, 2.24) is 4.90 Å². The summed E-state index contributed by atoms with van der Waals surface area (Å²) >= 11 is 9.99. The lowest BCUT2D eigenvalue weighted by Crippen LogP contribution is -2.60. The van der Waals surface area contributed by atoms with Gasteiger partial charge in [-0.25, -0.2) is 0 Å². The number of benzene rings is 1. The molecule has 4 rings (SSSR count). The van der Waals surface area contributed by atoms with E-state index in [9.17, 15) is 24.6 Å². The minimum atomic E-state index is -1.34. The number of ether oxygens (including phenoxy) is 1. The van der Waals surface area contributed by atoms with E-state index in [0.717, 1.165) is 0 Å². The summed E-state index contributed by atoms with van der Waals surface area (Å²) in [5.74, 6) is -4.29. The molecule has 3 aliphatic rings. The van der Waals surface area contributed by atoms with Gasteiger partial charge in [0.15, 0.2) is 0 Å². The molecule has 2 amide bonds. The number of carbonyl (C=O) groups is 3. The number of carbonyl (C=O) groups excluding carboxylic acids is 2. The molecule has 3 unspecified atom stereocenters. The summed E-state index contributed by atoms with van der Waals surface area (Å²) in [5.41, 5.74) is -0.884. The van der Waals surface area contributed by atoms with E-state index in [1.165, 1.54) is 9.80 Å². The number of rotatable bonds is 9. The SMILES string of the molecule is C=CCN(C(=O)C1N([C@@H](CO)[C@@H](C)CC)C(=O)[C@@H]2[C@H](C(=O)O)[C@H]3OC12CC3Br)c1ccccc1Cl. The molecule has 10 heteroatoms. The van der Waals surface area contributed by atoms with Crippen LogP contribution < -0.4 is 4.90 Å². The van der Waals surface area contributed by atoms with E-state index < -0.39 is 53.4 Å². The molecule has 1 aromatic rings. The molecule has 35 heavy (non-hydrogen) atoms. The van der Waals surface area contributed by atoms with Crippen LogP contribution in [0.5, 0.6) is 0 Å². The van der Waals surface area contributed by atoms with E-state index >= 15 is 0 Å². The summed E-state index contributed by atoms with van der Waals surface area (Å²) in [6.45, 7) is 7.38. The Morgan fingerprint density at radius 2 is 2.11 bits per heavy atom. The Kier molecular flexibility index (Phi) is 7.35. The van der Waals surface area contributed by atoms with Crippen LogP contribution in [0.2, 0.25) is 5.02 Å². The number of amides is 2. The Bertz CT molecular complexity index is 1040. The summed E-state index contributed by atoms with van der Waals surface area (Å²) in [6.07, 6.45) is 1.79. The molecule has 8 atom stereocenters. The number of carboxylic acid groups (broad SMARTS) is 1. The average molecular weight is 570 g/mol. The van der Waals surface area contributed by atoms with Gasteiger partial charge in [-0.3, -0.25) is 14.4 Å². The predicted octanol–water partition coefficient (Wildman–Crippen LogP) is 3.10. The van der Waals surface area contributed by atoms with Crippen molar-refractivity contribution < 1.29 is 29.3 Å². The van der Waals surface area contributed by atoms with Gasteiger partial charge in [-0.1, -0.05) is 66.0 Å². The molecule has 0 aromatic heterocycles. The van der Waals surface area contributed by atoms with Crippen molar-refractivity contribution in [1.29, 1.82) is 0 Å². The van der Waals surface area contributed by atoms with Gasteiger partial charge in [0.1, 0.15) is 11.6 Å². The van der Waals surface area contributed by atoms with Crippen molar-refractivity contribution in [2.75, 3.05) is 18.1 Å². The molecule has 3 heterocycles. The first-order valence-corrected chi connectivity index (χ1v) is 13.1. The highest BCUT2D eigenvalue weighted by Gasteiger charge is 2.77. The molecular formula is C25H30BrClN2O6. The molecule has 1 spiro atoms. The maximum absolute atomic E-state index is 14.4. The number of anilines is 1. The molecular weight excluding hydrogens is 540 g/mol. The number of para-hydroxylation sites is 1. The minimum absolute atomic E-state index is 0.124. The second kappa shape index (κ2) is 9.84. The zero-order chi connectivity index (χ0) is 25.7. The van der Waals surface area contributed by atoms with Gasteiger partial charge in [0, 0.05) is 11.4 Å². The third-order valence-electron chi connectivity index (χ3n) is 7.81. The first-order valence-electron chi connectivity index (χ1n) is 11.8. The molecule has 2 bridgehead atoms. The number of likely N-dealkylation sites (tertiary alicyclic amines) is 1. The van der Waals surface area contributed by atoms with Gasteiger partial charge in [-0.15, -0.1) is 6.58 Å². The zero-order valence-corrected chi connectivity index (χ0v) is 22.0. The quantitative estimate of drug-likeness (QED) is 0.350. The van der Waals surface area contributed by atoms with Crippen LogP contribution in [0.25, 0.3) is 0 Å². The summed E-state index contributed by atoms with van der Waals surface area (Å²) < 4.78 is 6.33. The molecule has 0 aliphatic carbocycles. The highest BCUT2D eigenvalue weighted by molar-refractivity contribution is 9.09. The lowest BCUT2D eigenvalue weighted by atomic mass is 9.70. The fraction of sp³-hybridized carbons (Fsp3) is 0.560. The van der Waals surface area contributed by atoms with Crippen LogP contribution >= 0.6 is 27.5 Å². The number of hydrogen-bond donors (Lipinski definition) is 2. The van der Waals surface area contributed by atoms with Gasteiger partial charge in [-0.05, 0) is 24.5 Å². The van der Waals surface area contributed by atoms with Gasteiger partial charge in [0.2, 0.25) is 5.91 Å². The van der Waals surface area contributed by atoms with Crippen LogP contribution in [0.4, 0.5) is 5.69 Å². The summed E-state index contributed by atoms with van der Waals surface area (Å²) in [5, 5.41) is 20.7. The molecule has 3 saturated heterocycles. The number of aliphatic hydroxyl groups is 1. The van der Waals surface area contributed by atoms with Crippen LogP contribution in [-0.4, -0.2) is 74.7 Å². The average Bonchev–Trinajstić information content (AvgIpc) is 3.42. The van der Waals surface area contributed by atoms with Crippen molar-refractivity contribution >= 4 is 51.0 Å². The summed E-state index contributed by atoms with van der Waals surface area (Å²) in [7, 11) is 0. The van der Waals surface area contributed by atoms with E-state index in [-0.39, 0.29) is 23.9 Å². The number of nitrogens with zero attached hydrogens (tertiary/aromatic N) is 2. The zero-order valence-electron chi connectivity index (χ0n) is 19.6. The van der Waals surface area contributed by atoms with Gasteiger partial charge >= 0.3 is 5.97 Å². The highest BCUT2D eigenvalue weighted by atomic mass is 79.9. The second-order valence-corrected chi connectivity index (χ2v) is 11.2. The van der Waals surface area contributed by atoms with Crippen molar-refractivity contribution in [3.63, 3.8) is 0 Å². The Morgan fingerprint density at radius 3 is 2.69 bits per heavy atom. The molecule has 0 radical (unpaired) electrons. The maximum Gasteiger partial charge on any atom is 0.310 e. The monoisotopic (exact) mass is 568 g/mol. The van der Waals surface area contributed by atoms with Crippen LogP contribution in [0.15, 0.2) is 36.9 Å². The van der Waals surface area contributed by atoms with Crippen molar-refractivity contribution in [2.24, 2.45) is 17.8 Å². The number of carboxylic acids is 1. The Balaban J connectivity index is 1.89. The Morgan fingerprint density at radius 1 is 1.43 bits per heavy atom. The first-order chi connectivity index (χ1) is 16.6. The summed E-state index contributed by atoms with van der Waals surface area (Å²) in [6, 6.07) is 5.08. The lowest BCUT2D eigenvalue weighted by Gasteiger charge is -2.41. The third kappa shape index (κ3) is 3.91. The van der Waals surface area contributed by atoms with Crippen molar-refractivity contribution in [3.05, 3.63) is 41.9 Å². The highest BCUT2D eigenvalue weighted by Crippen LogP contribution is 2.60. The standard InChI is InChI=1S/C25H30BrClN2O6/c1-4-10-28(16-9-7-6-8-15(16)27)23(32)21-25-11-14(26)20(35-25)18(24(33)34)19(25)22(31)29(21)17(12-30)13(3)5-2/h4,6-9,13-14,17-21,30H,1,5,10-12H2,2-3H3,(H,33,34)/t13-,14?,17-,18-,19-,20-,21?,25?/m0/s1. The topological polar surface area (TPSA) is 107 Å². The largest absolute Gasteiger partial charge is 0.481 e. The lowest BCUT2D eigenvalue weighted by molar-refractivity contribution is -0.151. The van der Waals surface area contributed by atoms with Crippen LogP contribution in [0, 0.1) is 17.8 Å². The molecule has 2 N–H and O–H groups in total. The number of aliphatic carboxylic acids is 1. The van der Waals surface area contributed by atoms with Crippen molar-refractivity contribution in [2.45, 2.75) is 55.3 Å². The number of hydrogen-bond acceptors (Lipinski definition) is 5. The molecule has 0 saturated carbocycles. The second-order valence-electron chi connectivity index (χ2n) is 9.57. The molecule has 8 nitrogen and oxygen atoms in total. The maximum atomic E-state index is 14.4. The van der Waals surface area contributed by atoms with Gasteiger partial charge in [0.05, 0.1) is 41.3 Å². The normalized spacial score (nSPS) is 32.9. The van der Waals surface area contributed by atoms with Gasteiger partial charge in [0.25, 0.3) is 5.91 Å². The Labute approximate surface area is 218 Å². The van der Waals surface area contributed by atoms with E-state index in [1.807, 2.05) is 13.8 Å². The third-order valence-corrected chi connectivity index (χ3v) is 8.98. The molecule has 3 fully saturated rings. The van der Waals surface area contributed by atoms with E-state index in [0.29, 0.717) is 23.6 Å². The van der Waals surface area contributed by atoms with Crippen LogP contribution in [0.3, 0.4) is 0 Å². The fourth-order valence-electron chi connectivity index (χ4n) is 6.05. The van der Waals surface area contributed by atoms with E-state index in [2.05, 4.69) is 22.5 Å². The number of aliphatic hydroxyl groups excluding tert-OH is 1.